The molecule has 2 N–H and O–H groups in total. The van der Waals surface area contributed by atoms with Gasteiger partial charge >= 0.3 is 5.97 Å². The second-order valence-corrected chi connectivity index (χ2v) is 3.63. The van der Waals surface area contributed by atoms with Crippen LogP contribution >= 0.6 is 0 Å². The highest BCUT2D eigenvalue weighted by molar-refractivity contribution is 5.92. The molecule has 0 radical (unpaired) electrons. The highest BCUT2D eigenvalue weighted by Crippen LogP contribution is 2.21. The quantitative estimate of drug-likeness (QED) is 0.795. The zero-order chi connectivity index (χ0) is 13.0. The van der Waals surface area contributed by atoms with Crippen molar-refractivity contribution in [3.05, 3.63) is 30.2 Å². The molecule has 0 atom stereocenters. The number of carboxylic acids is 1. The molecular formula is C11H12N4O3. The molecule has 2 rings (SSSR count). The molecule has 0 saturated heterocycles. The zero-order valence-corrected chi connectivity index (χ0v) is 9.52. The molecule has 2 heterocycles. The summed E-state index contributed by atoms with van der Waals surface area (Å²) in [4.78, 5) is 15.0. The molecule has 0 aromatic carbocycles. The van der Waals surface area contributed by atoms with Crippen LogP contribution in [0.5, 0.6) is 0 Å². The summed E-state index contributed by atoms with van der Waals surface area (Å²) in [6.07, 6.45) is 3.64. The summed E-state index contributed by atoms with van der Waals surface area (Å²) in [5.41, 5.74) is 0.933. The number of hydrogen-bond donors (Lipinski definition) is 2. The minimum Gasteiger partial charge on any atom is -0.476 e. The SMILES string of the molecule is O=C(O)c1nnn(CCCO)c1-c1cccnc1. The number of aromatic nitrogens is 4. The number of hydrogen-bond acceptors (Lipinski definition) is 5. The summed E-state index contributed by atoms with van der Waals surface area (Å²) >= 11 is 0. The first-order valence-corrected chi connectivity index (χ1v) is 5.42. The first-order chi connectivity index (χ1) is 8.74. The lowest BCUT2D eigenvalue weighted by Crippen LogP contribution is -2.06. The number of nitrogens with zero attached hydrogens (tertiary/aromatic N) is 4. The van der Waals surface area contributed by atoms with Crippen molar-refractivity contribution in [3.8, 4) is 11.3 Å². The Morgan fingerprint density at radius 1 is 1.44 bits per heavy atom. The van der Waals surface area contributed by atoms with E-state index in [9.17, 15) is 4.79 Å². The van der Waals surface area contributed by atoms with Crippen LogP contribution in [0.4, 0.5) is 0 Å². The van der Waals surface area contributed by atoms with Crippen LogP contribution in [0.25, 0.3) is 11.3 Å². The summed E-state index contributed by atoms with van der Waals surface area (Å²) in [5.74, 6) is -1.14. The van der Waals surface area contributed by atoms with Crippen LogP contribution < -0.4 is 0 Å². The maximum atomic E-state index is 11.1. The Hall–Kier alpha value is -2.28. The molecule has 0 aliphatic heterocycles. The molecule has 7 heteroatoms. The van der Waals surface area contributed by atoms with Gasteiger partial charge in [0.1, 0.15) is 5.69 Å². The van der Waals surface area contributed by atoms with E-state index in [1.54, 1.807) is 24.5 Å². The van der Waals surface area contributed by atoms with Gasteiger partial charge in [-0.3, -0.25) is 4.98 Å². The van der Waals surface area contributed by atoms with Crippen LogP contribution in [0, 0.1) is 0 Å². The lowest BCUT2D eigenvalue weighted by atomic mass is 10.1. The minimum atomic E-state index is -1.14. The van der Waals surface area contributed by atoms with E-state index >= 15 is 0 Å². The van der Waals surface area contributed by atoms with Crippen LogP contribution in [-0.2, 0) is 6.54 Å². The zero-order valence-electron chi connectivity index (χ0n) is 9.52. The molecule has 94 valence electrons. The molecular weight excluding hydrogens is 236 g/mol. The molecule has 0 saturated carbocycles. The first kappa shape index (κ1) is 12.2. The van der Waals surface area contributed by atoms with E-state index in [0.29, 0.717) is 24.2 Å². The minimum absolute atomic E-state index is 0.00868. The van der Waals surface area contributed by atoms with Gasteiger partial charge in [0.2, 0.25) is 0 Å². The van der Waals surface area contributed by atoms with Gasteiger partial charge < -0.3 is 10.2 Å². The Bertz CT molecular complexity index is 538. The van der Waals surface area contributed by atoms with Crippen molar-refractivity contribution in [2.24, 2.45) is 0 Å². The van der Waals surface area contributed by atoms with Crippen LogP contribution in [-0.4, -0.2) is 42.8 Å². The van der Waals surface area contributed by atoms with E-state index in [1.165, 1.54) is 4.68 Å². The van der Waals surface area contributed by atoms with Crippen LogP contribution in [0.3, 0.4) is 0 Å². The summed E-state index contributed by atoms with van der Waals surface area (Å²) in [6.45, 7) is 0.412. The largest absolute Gasteiger partial charge is 0.476 e. The summed E-state index contributed by atoms with van der Waals surface area (Å²) < 4.78 is 1.47. The van der Waals surface area contributed by atoms with Gasteiger partial charge in [-0.1, -0.05) is 5.21 Å². The summed E-state index contributed by atoms with van der Waals surface area (Å²) in [6, 6.07) is 3.46. The van der Waals surface area contributed by atoms with Gasteiger partial charge in [0.05, 0.1) is 0 Å². The van der Waals surface area contributed by atoms with Crippen LogP contribution in [0.1, 0.15) is 16.9 Å². The van der Waals surface area contributed by atoms with Crippen LogP contribution in [0.2, 0.25) is 0 Å². The Labute approximate surface area is 103 Å². The number of aliphatic hydroxyl groups is 1. The van der Waals surface area contributed by atoms with Gasteiger partial charge in [-0.05, 0) is 18.6 Å². The van der Waals surface area contributed by atoms with E-state index in [4.69, 9.17) is 10.2 Å². The average Bonchev–Trinajstić information content (AvgIpc) is 2.81. The molecule has 0 unspecified atom stereocenters. The van der Waals surface area contributed by atoms with Gasteiger partial charge in [-0.2, -0.15) is 0 Å². The van der Waals surface area contributed by atoms with E-state index in [2.05, 4.69) is 15.3 Å². The summed E-state index contributed by atoms with van der Waals surface area (Å²) in [5, 5.41) is 25.3. The van der Waals surface area contributed by atoms with Gasteiger partial charge in [-0.25, -0.2) is 9.48 Å². The number of carboxylic acid groups (broad SMARTS) is 1. The summed E-state index contributed by atoms with van der Waals surface area (Å²) in [7, 11) is 0. The predicted octanol–water partition coefficient (Wildman–Crippen LogP) is 0.421. The second kappa shape index (κ2) is 5.37. The third-order valence-corrected chi connectivity index (χ3v) is 2.40. The predicted molar refractivity (Wildman–Crippen MR) is 61.9 cm³/mol. The molecule has 7 nitrogen and oxygen atoms in total. The number of rotatable bonds is 5. The average molecular weight is 248 g/mol. The fraction of sp³-hybridized carbons (Fsp3) is 0.273. The number of aliphatic hydroxyl groups excluding tert-OH is 1. The Morgan fingerprint density at radius 2 is 2.28 bits per heavy atom. The fourth-order valence-electron chi connectivity index (χ4n) is 1.62. The smallest absolute Gasteiger partial charge is 0.358 e. The van der Waals surface area contributed by atoms with Crippen LogP contribution in [0.15, 0.2) is 24.5 Å². The van der Waals surface area contributed by atoms with Gasteiger partial charge in [0, 0.05) is 31.1 Å². The third-order valence-electron chi connectivity index (χ3n) is 2.40. The molecule has 0 amide bonds. The Kier molecular flexibility index (Phi) is 3.63. The van der Waals surface area contributed by atoms with E-state index in [-0.39, 0.29) is 12.3 Å². The van der Waals surface area contributed by atoms with Gasteiger partial charge in [0.25, 0.3) is 0 Å². The highest BCUT2D eigenvalue weighted by atomic mass is 16.4. The fourth-order valence-corrected chi connectivity index (χ4v) is 1.62. The van der Waals surface area contributed by atoms with Crippen molar-refractivity contribution in [1.82, 2.24) is 20.0 Å². The highest BCUT2D eigenvalue weighted by Gasteiger charge is 2.20. The van der Waals surface area contributed by atoms with E-state index < -0.39 is 5.97 Å². The number of pyridine rings is 1. The first-order valence-electron chi connectivity index (χ1n) is 5.42. The van der Waals surface area contributed by atoms with Crippen molar-refractivity contribution >= 4 is 5.97 Å². The second-order valence-electron chi connectivity index (χ2n) is 3.63. The monoisotopic (exact) mass is 248 g/mol. The molecule has 0 aliphatic carbocycles. The molecule has 0 aliphatic rings. The maximum absolute atomic E-state index is 11.1. The van der Waals surface area contributed by atoms with Crippen molar-refractivity contribution in [2.45, 2.75) is 13.0 Å². The van der Waals surface area contributed by atoms with Gasteiger partial charge in [-0.15, -0.1) is 5.10 Å². The molecule has 18 heavy (non-hydrogen) atoms. The molecule has 0 spiro atoms. The van der Waals surface area contributed by atoms with E-state index in [0.717, 1.165) is 0 Å². The lowest BCUT2D eigenvalue weighted by Gasteiger charge is -2.05. The molecule has 0 bridgehead atoms. The molecule has 2 aromatic heterocycles. The molecule has 0 fully saturated rings. The third kappa shape index (κ3) is 2.35. The maximum Gasteiger partial charge on any atom is 0.358 e. The number of aryl methyl sites for hydroxylation is 1. The Morgan fingerprint density at radius 3 is 2.89 bits per heavy atom. The van der Waals surface area contributed by atoms with E-state index in [1.807, 2.05) is 0 Å². The van der Waals surface area contributed by atoms with Gasteiger partial charge in [0.15, 0.2) is 5.69 Å². The van der Waals surface area contributed by atoms with Crippen molar-refractivity contribution in [2.75, 3.05) is 6.61 Å². The number of carbonyl (C=O) groups is 1. The molecule has 2 aromatic rings. The number of aromatic carboxylic acids is 1. The van der Waals surface area contributed by atoms with Crippen molar-refractivity contribution < 1.29 is 15.0 Å². The normalized spacial score (nSPS) is 10.5. The lowest BCUT2D eigenvalue weighted by molar-refractivity contribution is 0.0691. The topological polar surface area (TPSA) is 101 Å². The van der Waals surface area contributed by atoms with Crippen molar-refractivity contribution in [3.63, 3.8) is 0 Å². The Balaban J connectivity index is 2.47. The van der Waals surface area contributed by atoms with Crippen molar-refractivity contribution in [1.29, 1.82) is 0 Å². The standard InChI is InChI=1S/C11H12N4O3/c16-6-2-5-15-10(8-3-1-4-12-7-8)9(11(17)18)13-14-15/h1,3-4,7,16H,2,5-6H2,(H,17,18).